The van der Waals surface area contributed by atoms with Gasteiger partial charge in [0, 0.05) is 21.9 Å². The predicted molar refractivity (Wildman–Crippen MR) is 95.5 cm³/mol. The van der Waals surface area contributed by atoms with Crippen molar-refractivity contribution in [2.45, 2.75) is 18.7 Å². The number of benzene rings is 2. The van der Waals surface area contributed by atoms with Crippen molar-refractivity contribution in [3.63, 3.8) is 0 Å². The summed E-state index contributed by atoms with van der Waals surface area (Å²) in [6, 6.07) is 11.4. The molecule has 22 heavy (non-hydrogen) atoms. The summed E-state index contributed by atoms with van der Waals surface area (Å²) in [6.45, 7) is 3.35. The number of nitrogens with one attached hydrogen (secondary N) is 2. The molecule has 0 aliphatic rings. The Bertz CT molecular complexity index is 802. The predicted octanol–water partition coefficient (Wildman–Crippen LogP) is 3.36. The number of hydrogen-bond acceptors (Lipinski definition) is 3. The van der Waals surface area contributed by atoms with Crippen molar-refractivity contribution in [1.82, 2.24) is 0 Å². The van der Waals surface area contributed by atoms with Crippen LogP contribution in [0, 0.1) is 10.5 Å². The molecule has 0 saturated carbocycles. The van der Waals surface area contributed by atoms with E-state index in [1.54, 1.807) is 24.3 Å². The van der Waals surface area contributed by atoms with E-state index in [0.717, 1.165) is 9.13 Å². The Hall–Kier alpha value is -1.61. The average molecular weight is 430 g/mol. The minimum atomic E-state index is -3.65. The highest BCUT2D eigenvalue weighted by Crippen LogP contribution is 2.21. The van der Waals surface area contributed by atoms with Crippen molar-refractivity contribution in [3.8, 4) is 0 Å². The molecule has 0 bridgehead atoms. The molecule has 0 fully saturated rings. The van der Waals surface area contributed by atoms with Crippen LogP contribution in [-0.2, 0) is 14.8 Å². The molecule has 7 heteroatoms. The topological polar surface area (TPSA) is 75.3 Å². The normalized spacial score (nSPS) is 11.0. The minimum Gasteiger partial charge on any atom is -0.326 e. The second-order valence-electron chi connectivity index (χ2n) is 4.78. The summed E-state index contributed by atoms with van der Waals surface area (Å²) in [6.07, 6.45) is 0. The van der Waals surface area contributed by atoms with Gasteiger partial charge in [-0.1, -0.05) is 6.07 Å². The third-order valence-corrected chi connectivity index (χ3v) is 5.47. The Kier molecular flexibility index (Phi) is 5.07. The summed E-state index contributed by atoms with van der Waals surface area (Å²) >= 11 is 2.16. The van der Waals surface area contributed by atoms with Crippen LogP contribution in [0.15, 0.2) is 47.4 Å². The molecule has 0 aromatic heterocycles. The highest BCUT2D eigenvalue weighted by atomic mass is 127. The van der Waals surface area contributed by atoms with Gasteiger partial charge in [0.2, 0.25) is 5.91 Å². The number of carbonyl (C=O) groups excluding carboxylic acids is 1. The van der Waals surface area contributed by atoms with Crippen LogP contribution in [-0.4, -0.2) is 14.3 Å². The lowest BCUT2D eigenvalue weighted by Crippen LogP contribution is -2.13. The van der Waals surface area contributed by atoms with E-state index in [2.05, 4.69) is 32.6 Å². The second-order valence-corrected chi connectivity index (χ2v) is 7.62. The van der Waals surface area contributed by atoms with E-state index in [9.17, 15) is 13.2 Å². The van der Waals surface area contributed by atoms with Gasteiger partial charge in [-0.05, 0) is 71.5 Å². The van der Waals surface area contributed by atoms with Gasteiger partial charge in [-0.15, -0.1) is 0 Å². The molecule has 2 aromatic carbocycles. The van der Waals surface area contributed by atoms with Gasteiger partial charge >= 0.3 is 0 Å². The zero-order chi connectivity index (χ0) is 16.3. The van der Waals surface area contributed by atoms with Gasteiger partial charge in [-0.3, -0.25) is 9.52 Å². The van der Waals surface area contributed by atoms with Crippen LogP contribution in [0.25, 0.3) is 0 Å². The third kappa shape index (κ3) is 4.20. The zero-order valence-corrected chi connectivity index (χ0v) is 15.0. The molecule has 0 unspecified atom stereocenters. The van der Waals surface area contributed by atoms with Gasteiger partial charge in [-0.25, -0.2) is 8.42 Å². The third-order valence-electron chi connectivity index (χ3n) is 2.91. The summed E-state index contributed by atoms with van der Waals surface area (Å²) in [4.78, 5) is 11.1. The molecule has 0 atom stereocenters. The smallest absolute Gasteiger partial charge is 0.261 e. The highest BCUT2D eigenvalue weighted by molar-refractivity contribution is 14.1. The standard InChI is InChI=1S/C15H15IN2O3S/c1-10-3-4-13(9-15(10)16)18-22(20,21)14-7-5-12(6-8-14)17-11(2)19/h3-9,18H,1-2H3,(H,17,19). The van der Waals surface area contributed by atoms with Gasteiger partial charge < -0.3 is 5.32 Å². The number of aryl methyl sites for hydroxylation is 1. The first-order valence-corrected chi connectivity index (χ1v) is 9.01. The summed E-state index contributed by atoms with van der Waals surface area (Å²) in [5.41, 5.74) is 2.15. The van der Waals surface area contributed by atoms with E-state index < -0.39 is 10.0 Å². The number of carbonyl (C=O) groups is 1. The molecule has 5 nitrogen and oxygen atoms in total. The monoisotopic (exact) mass is 430 g/mol. The van der Waals surface area contributed by atoms with Crippen LogP contribution < -0.4 is 10.0 Å². The van der Waals surface area contributed by atoms with E-state index in [-0.39, 0.29) is 10.8 Å². The fourth-order valence-electron chi connectivity index (χ4n) is 1.79. The van der Waals surface area contributed by atoms with Crippen LogP contribution in [0.4, 0.5) is 11.4 Å². The molecular formula is C15H15IN2O3S. The number of halogens is 1. The molecule has 2 rings (SSSR count). The number of rotatable bonds is 4. The molecule has 0 spiro atoms. The lowest BCUT2D eigenvalue weighted by atomic mass is 10.2. The average Bonchev–Trinajstić information content (AvgIpc) is 2.42. The van der Waals surface area contributed by atoms with Crippen molar-refractivity contribution in [3.05, 3.63) is 51.6 Å². The molecule has 0 saturated heterocycles. The second kappa shape index (κ2) is 6.66. The van der Waals surface area contributed by atoms with Gasteiger partial charge in [0.15, 0.2) is 0 Å². The van der Waals surface area contributed by atoms with E-state index in [4.69, 9.17) is 0 Å². The molecule has 2 N–H and O–H groups in total. The van der Waals surface area contributed by atoms with Crippen molar-refractivity contribution in [2.75, 3.05) is 10.0 Å². The SMILES string of the molecule is CC(=O)Nc1ccc(S(=O)(=O)Nc2ccc(C)c(I)c2)cc1. The Morgan fingerprint density at radius 3 is 2.18 bits per heavy atom. The first kappa shape index (κ1) is 16.8. The van der Waals surface area contributed by atoms with Crippen LogP contribution in [0.5, 0.6) is 0 Å². The van der Waals surface area contributed by atoms with Gasteiger partial charge in [0.25, 0.3) is 10.0 Å². The largest absolute Gasteiger partial charge is 0.326 e. The van der Waals surface area contributed by atoms with Crippen LogP contribution in [0.3, 0.4) is 0 Å². The van der Waals surface area contributed by atoms with Gasteiger partial charge in [0.05, 0.1) is 4.90 Å². The first-order valence-electron chi connectivity index (χ1n) is 6.44. The number of sulfonamides is 1. The van der Waals surface area contributed by atoms with E-state index >= 15 is 0 Å². The Morgan fingerprint density at radius 2 is 1.64 bits per heavy atom. The van der Waals surface area contributed by atoms with E-state index in [1.807, 2.05) is 13.0 Å². The van der Waals surface area contributed by atoms with Crippen molar-refractivity contribution in [2.24, 2.45) is 0 Å². The molecular weight excluding hydrogens is 415 g/mol. The maximum absolute atomic E-state index is 12.3. The molecule has 0 heterocycles. The van der Waals surface area contributed by atoms with Crippen molar-refractivity contribution >= 4 is 49.9 Å². The lowest BCUT2D eigenvalue weighted by Gasteiger charge is -2.10. The van der Waals surface area contributed by atoms with Gasteiger partial charge in [0.1, 0.15) is 0 Å². The van der Waals surface area contributed by atoms with E-state index in [0.29, 0.717) is 11.4 Å². The Labute approximate surface area is 143 Å². The molecule has 2 aromatic rings. The summed E-state index contributed by atoms with van der Waals surface area (Å²) < 4.78 is 28.2. The summed E-state index contributed by atoms with van der Waals surface area (Å²) in [5, 5.41) is 2.59. The zero-order valence-electron chi connectivity index (χ0n) is 12.1. The molecule has 1 amide bonds. The number of anilines is 2. The fraction of sp³-hybridized carbons (Fsp3) is 0.133. The fourth-order valence-corrected chi connectivity index (χ4v) is 3.36. The summed E-state index contributed by atoms with van der Waals surface area (Å²) in [7, 11) is -3.65. The quantitative estimate of drug-likeness (QED) is 0.731. The number of hydrogen-bond donors (Lipinski definition) is 2. The summed E-state index contributed by atoms with van der Waals surface area (Å²) in [5.74, 6) is -0.206. The number of amides is 1. The Balaban J connectivity index is 2.22. The maximum Gasteiger partial charge on any atom is 0.261 e. The van der Waals surface area contributed by atoms with Gasteiger partial charge in [-0.2, -0.15) is 0 Å². The highest BCUT2D eigenvalue weighted by Gasteiger charge is 2.14. The van der Waals surface area contributed by atoms with Crippen LogP contribution in [0.1, 0.15) is 12.5 Å². The van der Waals surface area contributed by atoms with Crippen molar-refractivity contribution in [1.29, 1.82) is 0 Å². The molecule has 116 valence electrons. The molecule has 0 aliphatic carbocycles. The van der Waals surface area contributed by atoms with Crippen LogP contribution >= 0.6 is 22.6 Å². The molecule has 0 aliphatic heterocycles. The minimum absolute atomic E-state index is 0.136. The Morgan fingerprint density at radius 1 is 1.05 bits per heavy atom. The van der Waals surface area contributed by atoms with Crippen molar-refractivity contribution < 1.29 is 13.2 Å². The lowest BCUT2D eigenvalue weighted by molar-refractivity contribution is -0.114. The maximum atomic E-state index is 12.3. The van der Waals surface area contributed by atoms with Crippen LogP contribution in [0.2, 0.25) is 0 Å². The van der Waals surface area contributed by atoms with E-state index in [1.165, 1.54) is 19.1 Å². The molecule has 0 radical (unpaired) electrons. The first-order chi connectivity index (χ1) is 10.3.